The SMILES string of the molecule is CCCCC(CC)CN(CC(CC)CCCC)c1nc(C(C)(C)C)c(/C=C2\C(=O)N(c3ccccc3)N=C2c2ccccc2)s1. The molecule has 0 spiro atoms. The Labute approximate surface area is 276 Å². The van der Waals surface area contributed by atoms with Crippen molar-refractivity contribution in [3.8, 4) is 0 Å². The Bertz CT molecular complexity index is 1400. The number of hydrogen-bond acceptors (Lipinski definition) is 5. The van der Waals surface area contributed by atoms with Gasteiger partial charge in [-0.2, -0.15) is 10.1 Å². The maximum absolute atomic E-state index is 14.1. The van der Waals surface area contributed by atoms with Gasteiger partial charge in [-0.3, -0.25) is 4.79 Å². The summed E-state index contributed by atoms with van der Waals surface area (Å²) in [6.07, 6.45) is 11.9. The largest absolute Gasteiger partial charge is 0.348 e. The molecule has 0 fully saturated rings. The van der Waals surface area contributed by atoms with Gasteiger partial charge in [-0.1, -0.05) is 147 Å². The molecule has 2 unspecified atom stereocenters. The number of aromatic nitrogens is 1. The van der Waals surface area contributed by atoms with Crippen molar-refractivity contribution in [1.29, 1.82) is 0 Å². The molecular formula is C39H54N4OS. The third-order valence-electron chi connectivity index (χ3n) is 8.87. The molecule has 0 N–H and O–H groups in total. The van der Waals surface area contributed by atoms with Crippen LogP contribution in [0.4, 0.5) is 10.8 Å². The lowest BCUT2D eigenvalue weighted by Gasteiger charge is -2.30. The highest BCUT2D eigenvalue weighted by Gasteiger charge is 2.34. The highest BCUT2D eigenvalue weighted by Crippen LogP contribution is 2.38. The lowest BCUT2D eigenvalue weighted by Crippen LogP contribution is -2.34. The Balaban J connectivity index is 1.80. The molecule has 2 aromatic carbocycles. The van der Waals surface area contributed by atoms with E-state index in [-0.39, 0.29) is 11.3 Å². The fourth-order valence-electron chi connectivity index (χ4n) is 6.01. The molecule has 1 amide bonds. The van der Waals surface area contributed by atoms with E-state index in [1.165, 1.54) is 51.4 Å². The normalized spacial score (nSPS) is 15.9. The molecule has 5 nitrogen and oxygen atoms in total. The fraction of sp³-hybridized carbons (Fsp3) is 0.513. The summed E-state index contributed by atoms with van der Waals surface area (Å²) in [6, 6.07) is 19.8. The topological polar surface area (TPSA) is 48.8 Å². The average molecular weight is 627 g/mol. The summed E-state index contributed by atoms with van der Waals surface area (Å²) >= 11 is 1.74. The van der Waals surface area contributed by atoms with Crippen LogP contribution in [0.1, 0.15) is 116 Å². The van der Waals surface area contributed by atoms with E-state index < -0.39 is 0 Å². The molecule has 3 aromatic rings. The number of thiazole rings is 1. The molecule has 1 aliphatic heterocycles. The quantitative estimate of drug-likeness (QED) is 0.149. The van der Waals surface area contributed by atoms with E-state index in [4.69, 9.17) is 10.1 Å². The maximum Gasteiger partial charge on any atom is 0.281 e. The van der Waals surface area contributed by atoms with Crippen molar-refractivity contribution in [3.63, 3.8) is 0 Å². The van der Waals surface area contributed by atoms with Crippen LogP contribution in [0.5, 0.6) is 0 Å². The van der Waals surface area contributed by atoms with Crippen LogP contribution in [0.3, 0.4) is 0 Å². The lowest BCUT2D eigenvalue weighted by molar-refractivity contribution is -0.114. The first-order chi connectivity index (χ1) is 21.7. The van der Waals surface area contributed by atoms with Gasteiger partial charge in [0.1, 0.15) is 5.71 Å². The Hall–Kier alpha value is -3.25. The predicted molar refractivity (Wildman–Crippen MR) is 195 cm³/mol. The van der Waals surface area contributed by atoms with Crippen molar-refractivity contribution < 1.29 is 4.79 Å². The number of hydrogen-bond donors (Lipinski definition) is 0. The molecule has 242 valence electrons. The molecule has 6 heteroatoms. The van der Waals surface area contributed by atoms with Crippen molar-refractivity contribution >= 4 is 39.9 Å². The maximum atomic E-state index is 14.1. The molecule has 0 radical (unpaired) electrons. The van der Waals surface area contributed by atoms with Crippen LogP contribution in [0.2, 0.25) is 0 Å². The Morgan fingerprint density at radius 2 is 1.40 bits per heavy atom. The van der Waals surface area contributed by atoms with E-state index >= 15 is 0 Å². The Morgan fingerprint density at radius 3 is 1.91 bits per heavy atom. The minimum atomic E-state index is -0.184. The molecule has 45 heavy (non-hydrogen) atoms. The van der Waals surface area contributed by atoms with Crippen LogP contribution >= 0.6 is 11.3 Å². The summed E-state index contributed by atoms with van der Waals surface area (Å²) in [4.78, 5) is 23.1. The number of para-hydroxylation sites is 1. The highest BCUT2D eigenvalue weighted by atomic mass is 32.1. The van der Waals surface area contributed by atoms with Crippen LogP contribution in [0.15, 0.2) is 71.3 Å². The van der Waals surface area contributed by atoms with Gasteiger partial charge in [0.25, 0.3) is 5.91 Å². The molecule has 0 saturated carbocycles. The van der Waals surface area contributed by atoms with Crippen molar-refractivity contribution in [1.82, 2.24) is 4.98 Å². The van der Waals surface area contributed by atoms with Gasteiger partial charge in [0.15, 0.2) is 5.13 Å². The van der Waals surface area contributed by atoms with E-state index in [9.17, 15) is 4.79 Å². The highest BCUT2D eigenvalue weighted by molar-refractivity contribution is 7.16. The number of nitrogens with zero attached hydrogens (tertiary/aromatic N) is 4. The molecule has 1 aliphatic rings. The van der Waals surface area contributed by atoms with Gasteiger partial charge in [-0.25, -0.2) is 4.98 Å². The molecule has 0 bridgehead atoms. The monoisotopic (exact) mass is 626 g/mol. The number of unbranched alkanes of at least 4 members (excludes halogenated alkanes) is 2. The molecular weight excluding hydrogens is 573 g/mol. The van der Waals surface area contributed by atoms with Gasteiger partial charge in [0.05, 0.1) is 21.8 Å². The average Bonchev–Trinajstić information content (AvgIpc) is 3.63. The summed E-state index contributed by atoms with van der Waals surface area (Å²) < 4.78 is 0. The smallest absolute Gasteiger partial charge is 0.281 e. The number of rotatable bonds is 16. The van der Waals surface area contributed by atoms with E-state index in [1.807, 2.05) is 60.7 Å². The van der Waals surface area contributed by atoms with Crippen molar-refractivity contribution in [2.75, 3.05) is 23.0 Å². The third-order valence-corrected chi connectivity index (χ3v) is 9.93. The standard InChI is InChI=1S/C39H54N4OS/c1-8-12-20-29(10-3)27-42(28-30(11-4)21-13-9-2)38-40-36(39(5,6)7)34(45-38)26-33-35(31-22-16-14-17-23-31)41-43(37(33)44)32-24-18-15-19-25-32/h14-19,22-26,29-30H,8-13,20-21,27-28H2,1-7H3/b33-26-. The van der Waals surface area contributed by atoms with Gasteiger partial charge < -0.3 is 4.90 Å². The zero-order valence-corrected chi connectivity index (χ0v) is 29.5. The summed E-state index contributed by atoms with van der Waals surface area (Å²) in [5.41, 5.74) is 3.87. The minimum Gasteiger partial charge on any atom is -0.348 e. The third kappa shape index (κ3) is 8.94. The zero-order valence-electron chi connectivity index (χ0n) is 28.7. The van der Waals surface area contributed by atoms with Crippen LogP contribution in [-0.2, 0) is 10.2 Å². The minimum absolute atomic E-state index is 0.108. The van der Waals surface area contributed by atoms with Crippen molar-refractivity contribution in [2.45, 2.75) is 105 Å². The Morgan fingerprint density at radius 1 is 0.844 bits per heavy atom. The summed E-state index contributed by atoms with van der Waals surface area (Å²) in [7, 11) is 0. The number of carbonyl (C=O) groups excluding carboxylic acids is 1. The second kappa shape index (κ2) is 16.4. The van der Waals surface area contributed by atoms with Gasteiger partial charge in [0.2, 0.25) is 0 Å². The van der Waals surface area contributed by atoms with Crippen LogP contribution < -0.4 is 9.91 Å². The van der Waals surface area contributed by atoms with Gasteiger partial charge >= 0.3 is 0 Å². The Kier molecular flexibility index (Phi) is 12.6. The van der Waals surface area contributed by atoms with E-state index in [1.54, 1.807) is 16.3 Å². The summed E-state index contributed by atoms with van der Waals surface area (Å²) in [5, 5.41) is 7.51. The van der Waals surface area contributed by atoms with Gasteiger partial charge in [0, 0.05) is 24.1 Å². The van der Waals surface area contributed by atoms with E-state index in [2.05, 4.69) is 59.4 Å². The van der Waals surface area contributed by atoms with E-state index in [0.717, 1.165) is 40.0 Å². The second-order valence-electron chi connectivity index (χ2n) is 13.5. The molecule has 0 aliphatic carbocycles. The molecule has 2 heterocycles. The number of hydrazone groups is 1. The molecule has 4 rings (SSSR count). The molecule has 2 atom stereocenters. The van der Waals surface area contributed by atoms with Crippen molar-refractivity contribution in [2.24, 2.45) is 16.9 Å². The zero-order chi connectivity index (χ0) is 32.4. The fourth-order valence-corrected chi connectivity index (χ4v) is 7.25. The first kappa shape index (κ1) is 34.6. The summed E-state index contributed by atoms with van der Waals surface area (Å²) in [6.45, 7) is 18.0. The number of carbonyl (C=O) groups is 1. The van der Waals surface area contributed by atoms with Crippen molar-refractivity contribution in [3.05, 3.63) is 82.4 Å². The molecule has 1 aromatic heterocycles. The van der Waals surface area contributed by atoms with Gasteiger partial charge in [-0.05, 0) is 42.9 Å². The van der Waals surface area contributed by atoms with Crippen LogP contribution in [-0.4, -0.2) is 29.7 Å². The van der Waals surface area contributed by atoms with Gasteiger partial charge in [-0.15, -0.1) is 0 Å². The lowest BCUT2D eigenvalue weighted by atomic mass is 9.90. The van der Waals surface area contributed by atoms with Crippen LogP contribution in [0.25, 0.3) is 6.08 Å². The number of anilines is 2. The first-order valence-corrected chi connectivity index (χ1v) is 18.0. The molecule has 0 saturated heterocycles. The number of benzene rings is 2. The first-order valence-electron chi connectivity index (χ1n) is 17.2. The second-order valence-corrected chi connectivity index (χ2v) is 14.5. The predicted octanol–water partition coefficient (Wildman–Crippen LogP) is 10.5. The number of amides is 1. The van der Waals surface area contributed by atoms with E-state index in [0.29, 0.717) is 23.1 Å². The van der Waals surface area contributed by atoms with Crippen LogP contribution in [0, 0.1) is 11.8 Å². The summed E-state index contributed by atoms with van der Waals surface area (Å²) in [5.74, 6) is 1.18.